The average molecular weight is 258 g/mol. The number of nitrogens with zero attached hydrogens (tertiary/aromatic N) is 1. The standard InChI is InChI=1S/C11H16ClN3S/c12-10-7-6-9(16-10)11(15-13)14-8-4-2-1-3-5-8/h6-8H,1-5,13H2,(H,14,15). The highest BCUT2D eigenvalue weighted by atomic mass is 35.5. The van der Waals surface area contributed by atoms with Crippen molar-refractivity contribution in [3.05, 3.63) is 21.3 Å². The van der Waals surface area contributed by atoms with Crippen LogP contribution in [0, 0.1) is 0 Å². The van der Waals surface area contributed by atoms with E-state index in [1.165, 1.54) is 43.4 Å². The minimum absolute atomic E-state index is 0.417. The van der Waals surface area contributed by atoms with Crippen LogP contribution in [0.4, 0.5) is 0 Å². The Hall–Kier alpha value is -0.580. The van der Waals surface area contributed by atoms with E-state index in [0.29, 0.717) is 6.04 Å². The lowest BCUT2D eigenvalue weighted by Gasteiger charge is -2.18. The summed E-state index contributed by atoms with van der Waals surface area (Å²) >= 11 is 7.40. The molecule has 0 atom stereocenters. The van der Waals surface area contributed by atoms with Crippen molar-refractivity contribution >= 4 is 28.8 Å². The SMILES string of the molecule is NNC(=NC1CCCCC1)c1ccc(Cl)s1. The van der Waals surface area contributed by atoms with Gasteiger partial charge in [0.15, 0.2) is 5.84 Å². The van der Waals surface area contributed by atoms with Crippen LogP contribution in [0.15, 0.2) is 17.1 Å². The summed E-state index contributed by atoms with van der Waals surface area (Å²) in [5.74, 6) is 6.28. The second-order valence-corrected chi connectivity index (χ2v) is 5.73. The molecule has 1 aromatic heterocycles. The Morgan fingerprint density at radius 3 is 2.69 bits per heavy atom. The molecule has 0 unspecified atom stereocenters. The number of nitrogens with two attached hydrogens (primary N) is 1. The van der Waals surface area contributed by atoms with E-state index in [9.17, 15) is 0 Å². The van der Waals surface area contributed by atoms with E-state index < -0.39 is 0 Å². The molecule has 5 heteroatoms. The zero-order valence-corrected chi connectivity index (χ0v) is 10.7. The molecule has 1 aliphatic carbocycles. The number of hydrogen-bond donors (Lipinski definition) is 2. The van der Waals surface area contributed by atoms with Gasteiger partial charge in [-0.3, -0.25) is 4.99 Å². The van der Waals surface area contributed by atoms with E-state index in [-0.39, 0.29) is 0 Å². The molecule has 1 heterocycles. The van der Waals surface area contributed by atoms with Crippen LogP contribution in [-0.4, -0.2) is 11.9 Å². The molecule has 1 saturated carbocycles. The Bertz CT molecular complexity index is 369. The van der Waals surface area contributed by atoms with Crippen LogP contribution in [0.25, 0.3) is 0 Å². The molecular formula is C11H16ClN3S. The molecule has 0 bridgehead atoms. The summed E-state index contributed by atoms with van der Waals surface area (Å²) in [6.07, 6.45) is 6.23. The molecule has 0 radical (unpaired) electrons. The van der Waals surface area contributed by atoms with E-state index in [1.54, 1.807) is 0 Å². The molecule has 0 amide bonds. The first-order chi connectivity index (χ1) is 7.79. The fourth-order valence-corrected chi connectivity index (χ4v) is 3.01. The predicted molar refractivity (Wildman–Crippen MR) is 70.1 cm³/mol. The Morgan fingerprint density at radius 2 is 2.12 bits per heavy atom. The van der Waals surface area contributed by atoms with Gasteiger partial charge in [0.25, 0.3) is 0 Å². The topological polar surface area (TPSA) is 50.4 Å². The van der Waals surface area contributed by atoms with E-state index in [1.807, 2.05) is 12.1 Å². The molecule has 2 rings (SSSR count). The molecule has 0 aliphatic heterocycles. The van der Waals surface area contributed by atoms with Crippen molar-refractivity contribution in [2.75, 3.05) is 0 Å². The van der Waals surface area contributed by atoms with Gasteiger partial charge in [-0.15, -0.1) is 11.3 Å². The summed E-state index contributed by atoms with van der Waals surface area (Å²) in [4.78, 5) is 5.68. The Labute approximate surface area is 105 Å². The van der Waals surface area contributed by atoms with E-state index in [4.69, 9.17) is 17.4 Å². The zero-order chi connectivity index (χ0) is 11.4. The first-order valence-electron chi connectivity index (χ1n) is 5.59. The number of hydrogen-bond acceptors (Lipinski definition) is 3. The van der Waals surface area contributed by atoms with E-state index in [0.717, 1.165) is 15.0 Å². The summed E-state index contributed by atoms with van der Waals surface area (Å²) in [5.41, 5.74) is 2.68. The maximum Gasteiger partial charge on any atom is 0.153 e. The number of aliphatic imine (C=N–C) groups is 1. The highest BCUT2D eigenvalue weighted by Crippen LogP contribution is 2.24. The molecule has 3 nitrogen and oxygen atoms in total. The quantitative estimate of drug-likeness (QED) is 0.370. The van der Waals surface area contributed by atoms with Crippen LogP contribution < -0.4 is 11.3 Å². The van der Waals surface area contributed by atoms with Crippen LogP contribution in [0.3, 0.4) is 0 Å². The molecule has 3 N–H and O–H groups in total. The van der Waals surface area contributed by atoms with Crippen molar-refractivity contribution in [3.63, 3.8) is 0 Å². The first-order valence-corrected chi connectivity index (χ1v) is 6.79. The first kappa shape index (κ1) is 11.9. The lowest BCUT2D eigenvalue weighted by Crippen LogP contribution is -2.32. The smallest absolute Gasteiger partial charge is 0.153 e. The number of rotatable bonds is 2. The molecular weight excluding hydrogens is 242 g/mol. The molecule has 1 aromatic rings. The van der Waals surface area contributed by atoms with E-state index >= 15 is 0 Å². The Morgan fingerprint density at radius 1 is 1.38 bits per heavy atom. The molecule has 16 heavy (non-hydrogen) atoms. The van der Waals surface area contributed by atoms with Gasteiger partial charge in [-0.25, -0.2) is 5.84 Å². The Kier molecular flexibility index (Phi) is 4.21. The molecule has 88 valence electrons. The summed E-state index contributed by atoms with van der Waals surface area (Å²) < 4.78 is 0.765. The highest BCUT2D eigenvalue weighted by molar-refractivity contribution is 7.18. The van der Waals surface area contributed by atoms with Crippen LogP contribution >= 0.6 is 22.9 Å². The van der Waals surface area contributed by atoms with Gasteiger partial charge in [0, 0.05) is 0 Å². The van der Waals surface area contributed by atoms with E-state index in [2.05, 4.69) is 10.4 Å². The van der Waals surface area contributed by atoms with Gasteiger partial charge in [0.1, 0.15) is 0 Å². The van der Waals surface area contributed by atoms with Crippen molar-refractivity contribution in [2.45, 2.75) is 38.1 Å². The fourth-order valence-electron chi connectivity index (χ4n) is 2.01. The maximum absolute atomic E-state index is 5.90. The lowest BCUT2D eigenvalue weighted by molar-refractivity contribution is 0.442. The third-order valence-corrected chi connectivity index (χ3v) is 4.07. The monoisotopic (exact) mass is 257 g/mol. The van der Waals surface area contributed by atoms with Gasteiger partial charge >= 0.3 is 0 Å². The van der Waals surface area contributed by atoms with Crippen molar-refractivity contribution in [2.24, 2.45) is 10.8 Å². The molecule has 0 spiro atoms. The average Bonchev–Trinajstić information content (AvgIpc) is 2.74. The number of hydrazine groups is 1. The highest BCUT2D eigenvalue weighted by Gasteiger charge is 2.14. The van der Waals surface area contributed by atoms with Gasteiger partial charge < -0.3 is 5.43 Å². The van der Waals surface area contributed by atoms with Gasteiger partial charge in [0.05, 0.1) is 15.3 Å². The molecule has 0 aromatic carbocycles. The molecule has 1 fully saturated rings. The van der Waals surface area contributed by atoms with Crippen LogP contribution in [0.5, 0.6) is 0 Å². The number of thiophene rings is 1. The third kappa shape index (κ3) is 2.97. The van der Waals surface area contributed by atoms with Crippen molar-refractivity contribution in [1.82, 2.24) is 5.43 Å². The number of halogens is 1. The zero-order valence-electron chi connectivity index (χ0n) is 9.08. The van der Waals surface area contributed by atoms with Crippen LogP contribution in [-0.2, 0) is 0 Å². The summed E-state index contributed by atoms with van der Waals surface area (Å²) in [6, 6.07) is 4.24. The normalized spacial score (nSPS) is 18.8. The third-order valence-electron chi connectivity index (χ3n) is 2.83. The number of nitrogens with one attached hydrogen (secondary N) is 1. The number of amidine groups is 1. The lowest BCUT2D eigenvalue weighted by atomic mass is 9.96. The molecule has 1 aliphatic rings. The van der Waals surface area contributed by atoms with Crippen molar-refractivity contribution in [1.29, 1.82) is 0 Å². The summed E-state index contributed by atoms with van der Waals surface area (Å²) in [5, 5.41) is 0. The van der Waals surface area contributed by atoms with Gasteiger partial charge in [-0.05, 0) is 25.0 Å². The van der Waals surface area contributed by atoms with Gasteiger partial charge in [-0.1, -0.05) is 30.9 Å². The van der Waals surface area contributed by atoms with Crippen molar-refractivity contribution in [3.8, 4) is 0 Å². The second-order valence-electron chi connectivity index (χ2n) is 4.02. The minimum atomic E-state index is 0.417. The predicted octanol–water partition coefficient (Wildman–Crippen LogP) is 2.94. The van der Waals surface area contributed by atoms with Crippen molar-refractivity contribution < 1.29 is 0 Å². The fraction of sp³-hybridized carbons (Fsp3) is 0.545. The van der Waals surface area contributed by atoms with Crippen LogP contribution in [0.1, 0.15) is 37.0 Å². The van der Waals surface area contributed by atoms with Crippen LogP contribution in [0.2, 0.25) is 4.34 Å². The second kappa shape index (κ2) is 5.66. The summed E-state index contributed by atoms with van der Waals surface area (Å²) in [6.45, 7) is 0. The van der Waals surface area contributed by atoms with Gasteiger partial charge in [0.2, 0.25) is 0 Å². The maximum atomic E-state index is 5.90. The summed E-state index contributed by atoms with van der Waals surface area (Å²) in [7, 11) is 0. The molecule has 0 saturated heterocycles. The van der Waals surface area contributed by atoms with Gasteiger partial charge in [-0.2, -0.15) is 0 Å². The largest absolute Gasteiger partial charge is 0.308 e. The minimum Gasteiger partial charge on any atom is -0.308 e. The Balaban J connectivity index is 2.11.